The van der Waals surface area contributed by atoms with Gasteiger partial charge in [0.25, 0.3) is 5.56 Å². The molecule has 0 unspecified atom stereocenters. The van der Waals surface area contributed by atoms with Crippen LogP contribution in [0.5, 0.6) is 0 Å². The highest BCUT2D eigenvalue weighted by Gasteiger charge is 2.38. The molecule has 0 saturated carbocycles. The molecule has 29 heavy (non-hydrogen) atoms. The summed E-state index contributed by atoms with van der Waals surface area (Å²) in [5.41, 5.74) is 4.83. The monoisotopic (exact) mass is 408 g/mol. The maximum absolute atomic E-state index is 13.9. The predicted octanol–water partition coefficient (Wildman–Crippen LogP) is 4.86. The number of fused-ring (bicyclic) bond motifs is 4. The molecule has 1 atom stereocenters. The van der Waals surface area contributed by atoms with Crippen molar-refractivity contribution in [2.45, 2.75) is 64.1 Å². The number of rotatable bonds is 6. The molecule has 0 radical (unpaired) electrons. The first-order valence-corrected chi connectivity index (χ1v) is 11.3. The Bertz CT molecular complexity index is 1160. The quantitative estimate of drug-likeness (QED) is 0.432. The van der Waals surface area contributed by atoms with Crippen molar-refractivity contribution >= 4 is 17.5 Å². The van der Waals surface area contributed by atoms with Crippen molar-refractivity contribution < 1.29 is 0 Å². The minimum absolute atomic E-state index is 0.0235. The molecule has 4 rings (SSSR count). The molecule has 0 bridgehead atoms. The van der Waals surface area contributed by atoms with E-state index in [0.29, 0.717) is 10.9 Å². The summed E-state index contributed by atoms with van der Waals surface area (Å²) in [6.45, 7) is 13.2. The Kier molecular flexibility index (Phi) is 5.15. The van der Waals surface area contributed by atoms with Gasteiger partial charge in [-0.2, -0.15) is 0 Å². The van der Waals surface area contributed by atoms with Crippen LogP contribution in [0.15, 0.2) is 46.4 Å². The van der Waals surface area contributed by atoms with Crippen LogP contribution < -0.4 is 5.56 Å². The summed E-state index contributed by atoms with van der Waals surface area (Å²) in [5.74, 6) is 1.37. The Morgan fingerprint density at radius 2 is 2.07 bits per heavy atom. The van der Waals surface area contributed by atoms with Crippen molar-refractivity contribution in [2.24, 2.45) is 0 Å². The highest BCUT2D eigenvalue weighted by Crippen LogP contribution is 2.42. The highest BCUT2D eigenvalue weighted by molar-refractivity contribution is 7.99. The van der Waals surface area contributed by atoms with Gasteiger partial charge in [-0.25, -0.2) is 14.1 Å². The molecule has 0 N–H and O–H groups in total. The summed E-state index contributed by atoms with van der Waals surface area (Å²) in [4.78, 5) is 18.9. The molecule has 0 saturated heterocycles. The fourth-order valence-corrected chi connectivity index (χ4v) is 4.97. The lowest BCUT2D eigenvalue weighted by atomic mass is 9.69. The standard InChI is InChI=1S/C23H28N4OS/c1-6-12-26-21-24-19-17-11-9-8-10-16(17)13-23(5,7-2)18(19)20(28)27(21)22(25-26)29-14-15(3)4/h8-11H,3,6-7,12-14H2,1-2,4-5H3/t23-/m0/s1. The lowest BCUT2D eigenvalue weighted by Gasteiger charge is -2.35. The number of nitrogens with zero attached hydrogens (tertiary/aromatic N) is 4. The van der Waals surface area contributed by atoms with Gasteiger partial charge in [0.1, 0.15) is 0 Å². The molecule has 1 aliphatic carbocycles. The molecule has 2 aromatic heterocycles. The first kappa shape index (κ1) is 20.0. The number of thioether (sulfide) groups is 1. The van der Waals surface area contributed by atoms with Crippen molar-refractivity contribution in [3.05, 3.63) is 57.9 Å². The zero-order valence-electron chi connectivity index (χ0n) is 17.7. The fourth-order valence-electron chi connectivity index (χ4n) is 4.15. The first-order chi connectivity index (χ1) is 13.9. The molecule has 5 nitrogen and oxygen atoms in total. The van der Waals surface area contributed by atoms with Gasteiger partial charge >= 0.3 is 0 Å². The summed E-state index contributed by atoms with van der Waals surface area (Å²) in [5, 5.41) is 5.45. The van der Waals surface area contributed by atoms with E-state index in [9.17, 15) is 4.79 Å². The molecule has 0 fully saturated rings. The van der Waals surface area contributed by atoms with E-state index >= 15 is 0 Å². The molecular weight excluding hydrogens is 380 g/mol. The maximum atomic E-state index is 13.9. The average molecular weight is 409 g/mol. The zero-order chi connectivity index (χ0) is 20.8. The van der Waals surface area contributed by atoms with Gasteiger partial charge in [0.05, 0.1) is 11.3 Å². The predicted molar refractivity (Wildman–Crippen MR) is 120 cm³/mol. The SMILES string of the molecule is C=C(C)CSc1nn(CCC)c2nc3c(c(=O)n12)[C@@](C)(CC)Cc1ccccc1-3. The zero-order valence-corrected chi connectivity index (χ0v) is 18.5. The summed E-state index contributed by atoms with van der Waals surface area (Å²) in [6.07, 6.45) is 2.67. The van der Waals surface area contributed by atoms with E-state index < -0.39 is 0 Å². The van der Waals surface area contributed by atoms with Crippen LogP contribution in [0.3, 0.4) is 0 Å². The number of hydrogen-bond acceptors (Lipinski definition) is 4. The summed E-state index contributed by atoms with van der Waals surface area (Å²) < 4.78 is 3.60. The average Bonchev–Trinajstić information content (AvgIpc) is 3.04. The van der Waals surface area contributed by atoms with Crippen LogP contribution in [-0.4, -0.2) is 24.9 Å². The maximum Gasteiger partial charge on any atom is 0.265 e. The molecule has 2 heterocycles. The van der Waals surface area contributed by atoms with Crippen molar-refractivity contribution in [3.8, 4) is 11.3 Å². The smallest absolute Gasteiger partial charge is 0.265 e. The van der Waals surface area contributed by atoms with Crippen LogP contribution >= 0.6 is 11.8 Å². The van der Waals surface area contributed by atoms with Crippen molar-refractivity contribution in [2.75, 3.05) is 5.75 Å². The number of benzene rings is 1. The Labute approximate surface area is 175 Å². The Hall–Kier alpha value is -2.34. The molecule has 0 spiro atoms. The largest absolute Gasteiger partial charge is 0.268 e. The lowest BCUT2D eigenvalue weighted by Crippen LogP contribution is -2.37. The Balaban J connectivity index is 2.06. The van der Waals surface area contributed by atoms with Crippen molar-refractivity contribution in [1.82, 2.24) is 19.2 Å². The van der Waals surface area contributed by atoms with Crippen LogP contribution in [0.2, 0.25) is 0 Å². The number of aryl methyl sites for hydroxylation is 1. The van der Waals surface area contributed by atoms with Crippen LogP contribution in [-0.2, 0) is 18.4 Å². The minimum atomic E-state index is -0.238. The molecule has 152 valence electrons. The van der Waals surface area contributed by atoms with E-state index in [1.54, 1.807) is 16.2 Å². The molecule has 0 aliphatic heterocycles. The second-order valence-corrected chi connectivity index (χ2v) is 9.22. The van der Waals surface area contributed by atoms with Gasteiger partial charge in [0.2, 0.25) is 5.78 Å². The third-order valence-electron chi connectivity index (χ3n) is 5.81. The van der Waals surface area contributed by atoms with Gasteiger partial charge in [-0.05, 0) is 31.7 Å². The molecule has 1 aromatic carbocycles. The van der Waals surface area contributed by atoms with Crippen molar-refractivity contribution in [3.63, 3.8) is 0 Å². The fraction of sp³-hybridized carbons (Fsp3) is 0.435. The third kappa shape index (κ3) is 3.23. The molecule has 6 heteroatoms. The van der Waals surface area contributed by atoms with Gasteiger partial charge in [0.15, 0.2) is 5.16 Å². The summed E-state index contributed by atoms with van der Waals surface area (Å²) >= 11 is 1.55. The van der Waals surface area contributed by atoms with Gasteiger partial charge < -0.3 is 0 Å². The highest BCUT2D eigenvalue weighted by atomic mass is 32.2. The van der Waals surface area contributed by atoms with Crippen molar-refractivity contribution in [1.29, 1.82) is 0 Å². The topological polar surface area (TPSA) is 52.2 Å². The second kappa shape index (κ2) is 7.48. The van der Waals surface area contributed by atoms with Crippen LogP contribution in [0.1, 0.15) is 51.7 Å². The summed E-state index contributed by atoms with van der Waals surface area (Å²) in [7, 11) is 0. The first-order valence-electron chi connectivity index (χ1n) is 10.3. The van der Waals surface area contributed by atoms with Crippen LogP contribution in [0.4, 0.5) is 0 Å². The van der Waals surface area contributed by atoms with E-state index in [4.69, 9.17) is 10.1 Å². The molecule has 1 aliphatic rings. The molecule has 3 aromatic rings. The van der Waals surface area contributed by atoms with E-state index in [1.165, 1.54) is 5.56 Å². The normalized spacial score (nSPS) is 17.9. The van der Waals surface area contributed by atoms with Crippen LogP contribution in [0, 0.1) is 0 Å². The third-order valence-corrected chi connectivity index (χ3v) is 6.97. The Morgan fingerprint density at radius 1 is 1.31 bits per heavy atom. The van der Waals surface area contributed by atoms with Gasteiger partial charge in [-0.1, -0.05) is 69.0 Å². The molecule has 0 amide bonds. The lowest BCUT2D eigenvalue weighted by molar-refractivity contribution is 0.439. The van der Waals surface area contributed by atoms with Gasteiger partial charge in [-0.3, -0.25) is 4.79 Å². The van der Waals surface area contributed by atoms with Gasteiger partial charge in [0, 0.05) is 23.3 Å². The van der Waals surface area contributed by atoms with E-state index in [0.717, 1.165) is 54.0 Å². The number of hydrogen-bond donors (Lipinski definition) is 0. The number of aromatic nitrogens is 4. The van der Waals surface area contributed by atoms with Crippen LogP contribution in [0.25, 0.3) is 17.0 Å². The minimum Gasteiger partial charge on any atom is -0.268 e. The van der Waals surface area contributed by atoms with E-state index in [2.05, 4.69) is 45.5 Å². The molecular formula is C23H28N4OS. The Morgan fingerprint density at radius 3 is 2.76 bits per heavy atom. The van der Waals surface area contributed by atoms with E-state index in [1.807, 2.05) is 17.7 Å². The van der Waals surface area contributed by atoms with E-state index in [-0.39, 0.29) is 11.0 Å². The summed E-state index contributed by atoms with van der Waals surface area (Å²) in [6, 6.07) is 8.34. The van der Waals surface area contributed by atoms with Gasteiger partial charge in [-0.15, -0.1) is 5.10 Å². The second-order valence-electron chi connectivity index (χ2n) is 8.28.